The molecule has 0 N–H and O–H groups in total. The first-order valence-corrected chi connectivity index (χ1v) is 23.0. The van der Waals surface area contributed by atoms with Gasteiger partial charge in [-0.05, 0) is 19.3 Å². The van der Waals surface area contributed by atoms with E-state index in [1.54, 1.807) is 0 Å². The summed E-state index contributed by atoms with van der Waals surface area (Å²) in [5.74, 6) is -0.694. The SMILES string of the molecule is CCCCCCCCCCCCCC(=O)OCCC(COC(=O)CCCCCCCCCCCCC)OC(=O)CCCCCCCCCCCCC. The second-order valence-corrected chi connectivity index (χ2v) is 15.7. The predicted molar refractivity (Wildman–Crippen MR) is 220 cm³/mol. The maximum atomic E-state index is 12.7. The first kappa shape index (κ1) is 50.4. The largest absolute Gasteiger partial charge is 0.466 e. The summed E-state index contributed by atoms with van der Waals surface area (Å²) in [4.78, 5) is 37.6. The summed E-state index contributed by atoms with van der Waals surface area (Å²) >= 11 is 0. The third-order valence-electron chi connectivity index (χ3n) is 10.4. The number of carbonyl (C=O) groups excluding carboxylic acids is 3. The van der Waals surface area contributed by atoms with Crippen molar-refractivity contribution in [2.75, 3.05) is 13.2 Å². The fourth-order valence-electron chi connectivity index (χ4n) is 6.86. The molecule has 0 aliphatic carbocycles. The van der Waals surface area contributed by atoms with Gasteiger partial charge < -0.3 is 14.2 Å². The molecule has 0 aromatic heterocycles. The van der Waals surface area contributed by atoms with E-state index < -0.39 is 6.10 Å². The molecule has 0 saturated heterocycles. The Morgan fingerprint density at radius 3 is 0.942 bits per heavy atom. The fourth-order valence-corrected chi connectivity index (χ4v) is 6.86. The van der Waals surface area contributed by atoms with Gasteiger partial charge in [-0.3, -0.25) is 14.4 Å². The first-order chi connectivity index (χ1) is 25.5. The van der Waals surface area contributed by atoms with Crippen molar-refractivity contribution < 1.29 is 28.6 Å². The van der Waals surface area contributed by atoms with Crippen molar-refractivity contribution in [1.29, 1.82) is 0 Å². The summed E-state index contributed by atoms with van der Waals surface area (Å²) in [7, 11) is 0. The minimum Gasteiger partial charge on any atom is -0.466 e. The minimum atomic E-state index is -0.587. The highest BCUT2D eigenvalue weighted by molar-refractivity contribution is 5.70. The Labute approximate surface area is 323 Å². The molecule has 0 aliphatic rings. The quantitative estimate of drug-likeness (QED) is 0.0353. The van der Waals surface area contributed by atoms with Crippen LogP contribution in [0.4, 0.5) is 0 Å². The summed E-state index contributed by atoms with van der Waals surface area (Å²) in [5, 5.41) is 0. The first-order valence-electron chi connectivity index (χ1n) is 23.0. The van der Waals surface area contributed by atoms with Crippen LogP contribution in [0.3, 0.4) is 0 Å². The number of hydrogen-bond acceptors (Lipinski definition) is 6. The van der Waals surface area contributed by atoms with Crippen LogP contribution in [-0.2, 0) is 28.6 Å². The van der Waals surface area contributed by atoms with Gasteiger partial charge in [0.15, 0.2) is 0 Å². The number of hydrogen-bond donors (Lipinski definition) is 0. The summed E-state index contributed by atoms with van der Waals surface area (Å²) in [6.07, 6.45) is 41.7. The molecule has 0 amide bonds. The molecule has 0 rings (SSSR count). The molecule has 0 aromatic rings. The van der Waals surface area contributed by atoms with E-state index in [1.165, 1.54) is 161 Å². The van der Waals surface area contributed by atoms with Gasteiger partial charge in [0, 0.05) is 25.7 Å². The van der Waals surface area contributed by atoms with E-state index in [4.69, 9.17) is 14.2 Å². The van der Waals surface area contributed by atoms with Crippen LogP contribution in [0.5, 0.6) is 0 Å². The molecular formula is C46H88O6. The Bertz CT molecular complexity index is 768. The van der Waals surface area contributed by atoms with E-state index in [2.05, 4.69) is 20.8 Å². The summed E-state index contributed by atoms with van der Waals surface area (Å²) in [6.45, 7) is 6.96. The van der Waals surface area contributed by atoms with Crippen molar-refractivity contribution in [3.8, 4) is 0 Å². The van der Waals surface area contributed by atoms with Gasteiger partial charge in [0.2, 0.25) is 0 Å². The predicted octanol–water partition coefficient (Wildman–Crippen LogP) is 14.5. The lowest BCUT2D eigenvalue weighted by molar-refractivity contribution is -0.161. The normalized spacial score (nSPS) is 11.8. The zero-order valence-electron chi connectivity index (χ0n) is 35.1. The van der Waals surface area contributed by atoms with Gasteiger partial charge in [-0.25, -0.2) is 0 Å². The molecule has 0 bridgehead atoms. The minimum absolute atomic E-state index is 0.0248. The van der Waals surface area contributed by atoms with Gasteiger partial charge in [0.25, 0.3) is 0 Å². The van der Waals surface area contributed by atoms with E-state index in [0.29, 0.717) is 25.7 Å². The molecule has 1 unspecified atom stereocenters. The van der Waals surface area contributed by atoms with Crippen LogP contribution in [0.2, 0.25) is 0 Å². The van der Waals surface area contributed by atoms with E-state index in [9.17, 15) is 14.4 Å². The monoisotopic (exact) mass is 737 g/mol. The zero-order chi connectivity index (χ0) is 38.0. The summed E-state index contributed by atoms with van der Waals surface area (Å²) in [6, 6.07) is 0. The molecule has 6 heteroatoms. The molecule has 1 atom stereocenters. The molecule has 0 spiro atoms. The lowest BCUT2D eigenvalue weighted by Crippen LogP contribution is -2.27. The molecule has 0 fully saturated rings. The Morgan fingerprint density at radius 1 is 0.346 bits per heavy atom. The van der Waals surface area contributed by atoms with Gasteiger partial charge in [0.05, 0.1) is 6.61 Å². The maximum absolute atomic E-state index is 12.7. The average molecular weight is 737 g/mol. The van der Waals surface area contributed by atoms with Gasteiger partial charge in [0.1, 0.15) is 12.7 Å². The van der Waals surface area contributed by atoms with Crippen molar-refractivity contribution in [2.24, 2.45) is 0 Å². The smallest absolute Gasteiger partial charge is 0.306 e. The topological polar surface area (TPSA) is 78.9 Å². The molecule has 0 saturated carbocycles. The Hall–Kier alpha value is -1.59. The Balaban J connectivity index is 4.31. The number of carbonyl (C=O) groups is 3. The highest BCUT2D eigenvalue weighted by Crippen LogP contribution is 2.16. The van der Waals surface area contributed by atoms with Crippen molar-refractivity contribution in [3.63, 3.8) is 0 Å². The molecule has 52 heavy (non-hydrogen) atoms. The maximum Gasteiger partial charge on any atom is 0.306 e. The van der Waals surface area contributed by atoms with Crippen molar-refractivity contribution in [3.05, 3.63) is 0 Å². The number of unbranched alkanes of at least 4 members (excludes halogenated alkanes) is 30. The second-order valence-electron chi connectivity index (χ2n) is 15.7. The van der Waals surface area contributed by atoms with Crippen molar-refractivity contribution >= 4 is 17.9 Å². The van der Waals surface area contributed by atoms with Gasteiger partial charge in [-0.15, -0.1) is 0 Å². The summed E-state index contributed by atoms with van der Waals surface area (Å²) in [5.41, 5.74) is 0. The van der Waals surface area contributed by atoms with Crippen LogP contribution in [-0.4, -0.2) is 37.2 Å². The molecule has 0 heterocycles. The number of ether oxygens (including phenoxy) is 3. The van der Waals surface area contributed by atoms with E-state index >= 15 is 0 Å². The standard InChI is InChI=1S/C46H88O6/c1-4-7-10-13-16-19-22-25-28-31-34-37-44(47)50-41-40-43(52-46(49)39-36-33-30-27-24-21-18-15-12-9-6-3)42-51-45(48)38-35-32-29-26-23-20-17-14-11-8-5-2/h43H,4-42H2,1-3H3. The highest BCUT2D eigenvalue weighted by Gasteiger charge is 2.18. The Kier molecular flexibility index (Phi) is 40.9. The van der Waals surface area contributed by atoms with Crippen molar-refractivity contribution in [2.45, 2.75) is 264 Å². The molecular weight excluding hydrogens is 648 g/mol. The van der Waals surface area contributed by atoms with Crippen LogP contribution >= 0.6 is 0 Å². The third-order valence-corrected chi connectivity index (χ3v) is 10.4. The van der Waals surface area contributed by atoms with Crippen LogP contribution in [0, 0.1) is 0 Å². The van der Waals surface area contributed by atoms with Crippen LogP contribution in [0.1, 0.15) is 258 Å². The van der Waals surface area contributed by atoms with Gasteiger partial charge in [-0.2, -0.15) is 0 Å². The van der Waals surface area contributed by atoms with E-state index in [0.717, 1.165) is 51.4 Å². The van der Waals surface area contributed by atoms with Crippen LogP contribution < -0.4 is 0 Å². The second kappa shape index (κ2) is 42.2. The zero-order valence-corrected chi connectivity index (χ0v) is 35.1. The van der Waals surface area contributed by atoms with E-state index in [1.807, 2.05) is 0 Å². The molecule has 6 nitrogen and oxygen atoms in total. The number of esters is 3. The van der Waals surface area contributed by atoms with Crippen molar-refractivity contribution in [1.82, 2.24) is 0 Å². The van der Waals surface area contributed by atoms with E-state index in [-0.39, 0.29) is 31.1 Å². The lowest BCUT2D eigenvalue weighted by atomic mass is 10.1. The number of rotatable bonds is 42. The Morgan fingerprint density at radius 2 is 0.615 bits per heavy atom. The molecule has 0 aromatic carbocycles. The molecule has 308 valence electrons. The third kappa shape index (κ3) is 39.6. The fraction of sp³-hybridized carbons (Fsp3) is 0.935. The van der Waals surface area contributed by atoms with Crippen LogP contribution in [0.25, 0.3) is 0 Å². The molecule has 0 aliphatic heterocycles. The van der Waals surface area contributed by atoms with Gasteiger partial charge in [-0.1, -0.05) is 213 Å². The van der Waals surface area contributed by atoms with Crippen LogP contribution in [0.15, 0.2) is 0 Å². The average Bonchev–Trinajstić information content (AvgIpc) is 3.14. The van der Waals surface area contributed by atoms with Gasteiger partial charge >= 0.3 is 17.9 Å². The molecule has 0 radical (unpaired) electrons. The lowest BCUT2D eigenvalue weighted by Gasteiger charge is -2.18. The highest BCUT2D eigenvalue weighted by atomic mass is 16.6. The summed E-state index contributed by atoms with van der Waals surface area (Å²) < 4.78 is 16.8.